The molecule has 0 aromatic heterocycles. The molecule has 0 bridgehead atoms. The van der Waals surface area contributed by atoms with Crippen molar-refractivity contribution >= 4 is 73.9 Å². The number of hydrogen-bond donors (Lipinski definition) is 1. The molecule has 2 amide bonds. The van der Waals surface area contributed by atoms with E-state index in [9.17, 15) is 18.0 Å². The Morgan fingerprint density at radius 3 is 2.05 bits per heavy atom. The summed E-state index contributed by atoms with van der Waals surface area (Å²) < 4.78 is 28.5. The van der Waals surface area contributed by atoms with E-state index in [1.54, 1.807) is 24.3 Å². The van der Waals surface area contributed by atoms with Crippen LogP contribution in [0.1, 0.15) is 18.1 Å². The standard InChI is InChI=1S/C26H25Cl4N3O4S/c1-16-4-8-23(9-5-16)38(36,37)33(22-11-20(28)10-21(29)12-22)15-25(34)32(17(2)26(35)31-3)14-18-6-7-19(27)13-24(18)30/h4-13,17H,14-15H2,1-3H3,(H,31,35)/t17-/m1/s1. The maximum absolute atomic E-state index is 13.8. The van der Waals surface area contributed by atoms with E-state index in [0.717, 1.165) is 9.87 Å². The Kier molecular flexibility index (Phi) is 9.95. The van der Waals surface area contributed by atoms with Gasteiger partial charge in [-0.1, -0.05) is 70.2 Å². The van der Waals surface area contributed by atoms with E-state index in [0.29, 0.717) is 15.6 Å². The lowest BCUT2D eigenvalue weighted by Crippen LogP contribution is -2.50. The van der Waals surface area contributed by atoms with E-state index < -0.39 is 34.4 Å². The number of amides is 2. The highest BCUT2D eigenvalue weighted by atomic mass is 35.5. The predicted molar refractivity (Wildman–Crippen MR) is 153 cm³/mol. The lowest BCUT2D eigenvalue weighted by molar-refractivity contribution is -0.139. The summed E-state index contributed by atoms with van der Waals surface area (Å²) in [5, 5.41) is 3.60. The quantitative estimate of drug-likeness (QED) is 0.321. The number of benzene rings is 3. The first-order chi connectivity index (χ1) is 17.8. The van der Waals surface area contributed by atoms with Crippen LogP contribution in [0.5, 0.6) is 0 Å². The molecule has 0 aliphatic carbocycles. The molecule has 1 N–H and O–H groups in total. The van der Waals surface area contributed by atoms with E-state index >= 15 is 0 Å². The molecule has 12 heteroatoms. The molecule has 0 spiro atoms. The highest BCUT2D eigenvalue weighted by molar-refractivity contribution is 7.92. The van der Waals surface area contributed by atoms with Gasteiger partial charge in [-0.3, -0.25) is 13.9 Å². The number of carbonyl (C=O) groups is 2. The number of aryl methyl sites for hydroxylation is 1. The second-order valence-electron chi connectivity index (χ2n) is 8.50. The lowest BCUT2D eigenvalue weighted by atomic mass is 10.1. The van der Waals surface area contributed by atoms with Gasteiger partial charge in [0, 0.05) is 33.7 Å². The average molecular weight is 617 g/mol. The van der Waals surface area contributed by atoms with Gasteiger partial charge in [0.25, 0.3) is 10.0 Å². The molecule has 0 saturated carbocycles. The van der Waals surface area contributed by atoms with Crippen molar-refractivity contribution in [2.75, 3.05) is 17.9 Å². The maximum Gasteiger partial charge on any atom is 0.264 e. The summed E-state index contributed by atoms with van der Waals surface area (Å²) in [6, 6.07) is 14.3. The molecule has 0 aliphatic heterocycles. The van der Waals surface area contributed by atoms with Crippen LogP contribution in [-0.4, -0.2) is 44.8 Å². The third kappa shape index (κ3) is 7.12. The number of rotatable bonds is 9. The Hall–Kier alpha value is -2.49. The van der Waals surface area contributed by atoms with Crippen LogP contribution in [0.25, 0.3) is 0 Å². The number of nitrogens with zero attached hydrogens (tertiary/aromatic N) is 2. The summed E-state index contributed by atoms with van der Waals surface area (Å²) in [5.41, 5.74) is 1.48. The van der Waals surface area contributed by atoms with Gasteiger partial charge in [-0.25, -0.2) is 8.42 Å². The Bertz CT molecular complexity index is 1430. The SMILES string of the molecule is CNC(=O)[C@@H](C)N(Cc1ccc(Cl)cc1Cl)C(=O)CN(c1cc(Cl)cc(Cl)c1)S(=O)(=O)c1ccc(C)cc1. The number of carbonyl (C=O) groups excluding carboxylic acids is 2. The molecule has 0 radical (unpaired) electrons. The number of hydrogen-bond acceptors (Lipinski definition) is 4. The molecule has 38 heavy (non-hydrogen) atoms. The van der Waals surface area contributed by atoms with E-state index in [1.165, 1.54) is 55.3 Å². The van der Waals surface area contributed by atoms with Gasteiger partial charge < -0.3 is 10.2 Å². The Balaban J connectivity index is 2.08. The van der Waals surface area contributed by atoms with Crippen molar-refractivity contribution in [3.63, 3.8) is 0 Å². The Morgan fingerprint density at radius 2 is 1.50 bits per heavy atom. The third-order valence-corrected chi connectivity index (χ3v) is 8.60. The Morgan fingerprint density at radius 1 is 0.895 bits per heavy atom. The van der Waals surface area contributed by atoms with Crippen LogP contribution in [0.3, 0.4) is 0 Å². The minimum Gasteiger partial charge on any atom is -0.357 e. The van der Waals surface area contributed by atoms with E-state index in [1.807, 2.05) is 6.92 Å². The van der Waals surface area contributed by atoms with Crippen LogP contribution >= 0.6 is 46.4 Å². The number of likely N-dealkylation sites (N-methyl/N-ethyl adjacent to an activating group) is 1. The largest absolute Gasteiger partial charge is 0.357 e. The molecule has 0 heterocycles. The van der Waals surface area contributed by atoms with Gasteiger partial charge in [-0.2, -0.15) is 0 Å². The van der Waals surface area contributed by atoms with Crippen molar-refractivity contribution < 1.29 is 18.0 Å². The van der Waals surface area contributed by atoms with Gasteiger partial charge in [-0.15, -0.1) is 0 Å². The smallest absolute Gasteiger partial charge is 0.264 e. The molecule has 0 fully saturated rings. The van der Waals surface area contributed by atoms with Crippen LogP contribution < -0.4 is 9.62 Å². The molecular weight excluding hydrogens is 592 g/mol. The zero-order valence-corrected chi connectivity index (χ0v) is 24.6. The monoisotopic (exact) mass is 615 g/mol. The van der Waals surface area contributed by atoms with Gasteiger partial charge in [0.15, 0.2) is 0 Å². The van der Waals surface area contributed by atoms with Crippen LogP contribution in [0, 0.1) is 6.92 Å². The molecule has 3 aromatic rings. The highest BCUT2D eigenvalue weighted by Gasteiger charge is 2.33. The summed E-state index contributed by atoms with van der Waals surface area (Å²) in [6.07, 6.45) is 0. The van der Waals surface area contributed by atoms with Gasteiger partial charge in [0.1, 0.15) is 12.6 Å². The molecule has 3 rings (SSSR count). The van der Waals surface area contributed by atoms with E-state index in [4.69, 9.17) is 46.4 Å². The fourth-order valence-electron chi connectivity index (χ4n) is 3.67. The normalized spacial score (nSPS) is 12.1. The molecule has 1 atom stereocenters. The maximum atomic E-state index is 13.8. The molecule has 202 valence electrons. The van der Waals surface area contributed by atoms with Crippen LogP contribution in [-0.2, 0) is 26.2 Å². The zero-order chi connectivity index (χ0) is 28.2. The summed E-state index contributed by atoms with van der Waals surface area (Å²) >= 11 is 24.7. The van der Waals surface area contributed by atoms with Crippen LogP contribution in [0.4, 0.5) is 5.69 Å². The minimum atomic E-state index is -4.25. The molecule has 3 aromatic carbocycles. The van der Waals surface area contributed by atoms with Gasteiger partial charge >= 0.3 is 0 Å². The van der Waals surface area contributed by atoms with Crippen LogP contribution in [0.15, 0.2) is 65.6 Å². The molecule has 0 unspecified atom stereocenters. The minimum absolute atomic E-state index is 0.0290. The first-order valence-electron chi connectivity index (χ1n) is 11.3. The summed E-state index contributed by atoms with van der Waals surface area (Å²) in [4.78, 5) is 27.6. The first kappa shape index (κ1) is 30.1. The number of nitrogens with one attached hydrogen (secondary N) is 1. The lowest BCUT2D eigenvalue weighted by Gasteiger charge is -2.32. The van der Waals surface area contributed by atoms with E-state index in [-0.39, 0.29) is 27.2 Å². The second kappa shape index (κ2) is 12.6. The number of halogens is 4. The van der Waals surface area contributed by atoms with Crippen molar-refractivity contribution in [1.29, 1.82) is 0 Å². The topological polar surface area (TPSA) is 86.8 Å². The fourth-order valence-corrected chi connectivity index (χ4v) is 6.06. The van der Waals surface area contributed by atoms with Crippen molar-refractivity contribution in [1.82, 2.24) is 10.2 Å². The van der Waals surface area contributed by atoms with Crippen molar-refractivity contribution in [2.24, 2.45) is 0 Å². The summed E-state index contributed by atoms with van der Waals surface area (Å²) in [7, 11) is -2.80. The fraction of sp³-hybridized carbons (Fsp3) is 0.231. The summed E-state index contributed by atoms with van der Waals surface area (Å²) in [6.45, 7) is 2.65. The van der Waals surface area contributed by atoms with Crippen molar-refractivity contribution in [2.45, 2.75) is 31.3 Å². The predicted octanol–water partition coefficient (Wildman–Crippen LogP) is 5.97. The second-order valence-corrected chi connectivity index (χ2v) is 12.1. The van der Waals surface area contributed by atoms with Gasteiger partial charge in [-0.05, 0) is 61.9 Å². The van der Waals surface area contributed by atoms with Gasteiger partial charge in [0.05, 0.1) is 10.6 Å². The molecule has 0 saturated heterocycles. The van der Waals surface area contributed by atoms with Gasteiger partial charge in [0.2, 0.25) is 11.8 Å². The Labute approximate surface area is 242 Å². The summed E-state index contributed by atoms with van der Waals surface area (Å²) in [5.74, 6) is -1.10. The van der Waals surface area contributed by atoms with Crippen LogP contribution in [0.2, 0.25) is 20.1 Å². The zero-order valence-electron chi connectivity index (χ0n) is 20.7. The first-order valence-corrected chi connectivity index (χ1v) is 14.3. The molecule has 7 nitrogen and oxygen atoms in total. The highest BCUT2D eigenvalue weighted by Crippen LogP contribution is 2.30. The number of anilines is 1. The molecular formula is C26H25Cl4N3O4S. The number of sulfonamides is 1. The van der Waals surface area contributed by atoms with Crippen molar-refractivity contribution in [3.05, 3.63) is 91.9 Å². The third-order valence-electron chi connectivity index (χ3n) is 5.79. The molecule has 0 aliphatic rings. The van der Waals surface area contributed by atoms with E-state index in [2.05, 4.69) is 5.32 Å². The average Bonchev–Trinajstić information content (AvgIpc) is 2.85. The van der Waals surface area contributed by atoms with Crippen molar-refractivity contribution in [3.8, 4) is 0 Å².